The highest BCUT2D eigenvalue weighted by molar-refractivity contribution is 7.71. The molecule has 1 aliphatic rings. The van der Waals surface area contributed by atoms with Crippen LogP contribution in [0, 0.1) is 16.1 Å². The molecule has 1 unspecified atom stereocenters. The number of aromatic nitrogens is 2. The van der Waals surface area contributed by atoms with Gasteiger partial charge in [0.05, 0.1) is 16.6 Å². The lowest BCUT2D eigenvalue weighted by Gasteiger charge is -2.11. The molecule has 1 aromatic carbocycles. The van der Waals surface area contributed by atoms with Crippen LogP contribution < -0.4 is 5.32 Å². The van der Waals surface area contributed by atoms with E-state index in [0.717, 1.165) is 17.5 Å². The maximum absolute atomic E-state index is 11.2. The zero-order valence-corrected chi connectivity index (χ0v) is 11.0. The van der Waals surface area contributed by atoms with Crippen LogP contribution in [0.4, 0.5) is 0 Å². The Bertz CT molecular complexity index is 752. The van der Waals surface area contributed by atoms with Crippen LogP contribution in [0.15, 0.2) is 18.2 Å². The van der Waals surface area contributed by atoms with Crippen molar-refractivity contribution in [2.75, 3.05) is 0 Å². The van der Waals surface area contributed by atoms with Crippen molar-refractivity contribution in [3.8, 4) is 6.07 Å². The van der Waals surface area contributed by atoms with Gasteiger partial charge in [0.2, 0.25) is 5.91 Å². The van der Waals surface area contributed by atoms with Crippen LogP contribution >= 0.6 is 12.2 Å². The van der Waals surface area contributed by atoms with Gasteiger partial charge in [-0.05, 0) is 30.8 Å². The fourth-order valence-corrected chi connectivity index (χ4v) is 2.76. The molecule has 19 heavy (non-hydrogen) atoms. The Kier molecular flexibility index (Phi) is 2.84. The highest BCUT2D eigenvalue weighted by Crippen LogP contribution is 2.19. The minimum Gasteiger partial charge on any atom is -0.352 e. The number of benzene rings is 1. The van der Waals surface area contributed by atoms with Crippen molar-refractivity contribution < 1.29 is 4.79 Å². The standard InChI is InChI=1S/C13H12N4OS/c14-6-8-2-1-3-10-12(8)16-13(19)17(10)7-9-4-5-11(18)15-9/h1-3,9H,4-5,7H2,(H,15,18)(H,16,19). The van der Waals surface area contributed by atoms with Gasteiger partial charge in [0, 0.05) is 19.0 Å². The number of nitriles is 1. The number of nitrogens with one attached hydrogen (secondary N) is 2. The van der Waals surface area contributed by atoms with Crippen LogP contribution in [0.3, 0.4) is 0 Å². The van der Waals surface area contributed by atoms with Crippen molar-refractivity contribution in [3.63, 3.8) is 0 Å². The average Bonchev–Trinajstić information content (AvgIpc) is 2.94. The molecule has 1 aliphatic heterocycles. The molecule has 2 heterocycles. The molecule has 2 aromatic rings. The second-order valence-corrected chi connectivity index (χ2v) is 5.04. The lowest BCUT2D eigenvalue weighted by atomic mass is 10.2. The summed E-state index contributed by atoms with van der Waals surface area (Å²) in [7, 11) is 0. The first-order valence-electron chi connectivity index (χ1n) is 6.10. The van der Waals surface area contributed by atoms with Gasteiger partial charge in [0.1, 0.15) is 6.07 Å². The number of carbonyl (C=O) groups is 1. The molecule has 1 aromatic heterocycles. The fraction of sp³-hybridized carbons (Fsp3) is 0.308. The molecule has 1 atom stereocenters. The van der Waals surface area contributed by atoms with Gasteiger partial charge in [-0.3, -0.25) is 4.79 Å². The van der Waals surface area contributed by atoms with Crippen LogP contribution in [0.1, 0.15) is 18.4 Å². The van der Waals surface area contributed by atoms with Crippen molar-refractivity contribution in [3.05, 3.63) is 28.5 Å². The minimum absolute atomic E-state index is 0.0917. The SMILES string of the molecule is N#Cc1cccc2c1[nH]c(=S)n2CC1CCC(=O)N1. The van der Waals surface area contributed by atoms with Crippen molar-refractivity contribution in [2.45, 2.75) is 25.4 Å². The number of rotatable bonds is 2. The van der Waals surface area contributed by atoms with E-state index in [1.54, 1.807) is 6.07 Å². The molecule has 1 saturated heterocycles. The summed E-state index contributed by atoms with van der Waals surface area (Å²) in [5.41, 5.74) is 2.25. The van der Waals surface area contributed by atoms with Gasteiger partial charge in [0.25, 0.3) is 0 Å². The van der Waals surface area contributed by atoms with Crippen LogP contribution in [0.5, 0.6) is 0 Å². The Morgan fingerprint density at radius 1 is 1.53 bits per heavy atom. The van der Waals surface area contributed by atoms with Crippen LogP contribution in [0.25, 0.3) is 11.0 Å². The summed E-state index contributed by atoms with van der Waals surface area (Å²) in [5.74, 6) is 0.0917. The third kappa shape index (κ3) is 2.02. The highest BCUT2D eigenvalue weighted by atomic mass is 32.1. The summed E-state index contributed by atoms with van der Waals surface area (Å²) in [6, 6.07) is 7.79. The summed E-state index contributed by atoms with van der Waals surface area (Å²) >= 11 is 5.31. The van der Waals surface area contributed by atoms with Crippen LogP contribution in [-0.4, -0.2) is 21.5 Å². The van der Waals surface area contributed by atoms with Gasteiger partial charge in [-0.25, -0.2) is 0 Å². The number of hydrogen-bond donors (Lipinski definition) is 2. The molecule has 0 bridgehead atoms. The maximum Gasteiger partial charge on any atom is 0.220 e. The molecule has 3 rings (SSSR count). The Balaban J connectivity index is 2.04. The molecule has 1 fully saturated rings. The average molecular weight is 272 g/mol. The minimum atomic E-state index is 0.0917. The van der Waals surface area contributed by atoms with E-state index in [4.69, 9.17) is 17.5 Å². The first-order valence-corrected chi connectivity index (χ1v) is 6.51. The number of carbonyl (C=O) groups excluding carboxylic acids is 1. The molecule has 2 N–H and O–H groups in total. The Morgan fingerprint density at radius 2 is 2.37 bits per heavy atom. The number of H-pyrrole nitrogens is 1. The second-order valence-electron chi connectivity index (χ2n) is 4.66. The van der Waals surface area contributed by atoms with E-state index in [9.17, 15) is 4.79 Å². The Labute approximate surface area is 114 Å². The van der Waals surface area contributed by atoms with Crippen molar-refractivity contribution in [1.29, 1.82) is 5.26 Å². The Hall–Kier alpha value is -2.13. The molecular formula is C13H12N4OS. The third-order valence-corrected chi connectivity index (χ3v) is 3.74. The van der Waals surface area contributed by atoms with Crippen LogP contribution in [-0.2, 0) is 11.3 Å². The molecule has 0 saturated carbocycles. The van der Waals surface area contributed by atoms with Gasteiger partial charge in [-0.1, -0.05) is 6.07 Å². The Morgan fingerprint density at radius 3 is 3.05 bits per heavy atom. The van der Waals surface area contributed by atoms with E-state index in [0.29, 0.717) is 23.3 Å². The van der Waals surface area contributed by atoms with Gasteiger partial charge >= 0.3 is 0 Å². The number of fused-ring (bicyclic) bond motifs is 1. The summed E-state index contributed by atoms with van der Waals surface area (Å²) in [4.78, 5) is 14.3. The van der Waals surface area contributed by atoms with Gasteiger partial charge < -0.3 is 14.9 Å². The van der Waals surface area contributed by atoms with E-state index in [-0.39, 0.29) is 11.9 Å². The molecule has 0 spiro atoms. The lowest BCUT2D eigenvalue weighted by Crippen LogP contribution is -2.29. The molecular weight excluding hydrogens is 260 g/mol. The molecule has 96 valence electrons. The topological polar surface area (TPSA) is 73.6 Å². The third-order valence-electron chi connectivity index (χ3n) is 3.42. The number of nitrogens with zero attached hydrogens (tertiary/aromatic N) is 2. The first kappa shape index (κ1) is 11.9. The number of imidazole rings is 1. The summed E-state index contributed by atoms with van der Waals surface area (Å²) in [5, 5.41) is 12.0. The van der Waals surface area contributed by atoms with Gasteiger partial charge in [-0.2, -0.15) is 5.26 Å². The predicted molar refractivity (Wildman–Crippen MR) is 73.0 cm³/mol. The van der Waals surface area contributed by atoms with E-state index in [2.05, 4.69) is 16.4 Å². The smallest absolute Gasteiger partial charge is 0.220 e. The normalized spacial score (nSPS) is 18.5. The number of hydrogen-bond acceptors (Lipinski definition) is 3. The lowest BCUT2D eigenvalue weighted by molar-refractivity contribution is -0.119. The zero-order valence-electron chi connectivity index (χ0n) is 10.1. The molecule has 1 amide bonds. The summed E-state index contributed by atoms with van der Waals surface area (Å²) in [6.07, 6.45) is 1.40. The van der Waals surface area contributed by atoms with Crippen molar-refractivity contribution in [2.24, 2.45) is 0 Å². The number of amides is 1. The molecule has 0 aliphatic carbocycles. The molecule has 6 heteroatoms. The summed E-state index contributed by atoms with van der Waals surface area (Å²) in [6.45, 7) is 0.638. The second kappa shape index (κ2) is 4.52. The van der Waals surface area contributed by atoms with E-state index in [1.165, 1.54) is 0 Å². The predicted octanol–water partition coefficient (Wildman–Crippen LogP) is 1.85. The highest BCUT2D eigenvalue weighted by Gasteiger charge is 2.22. The fourth-order valence-electron chi connectivity index (χ4n) is 2.49. The van der Waals surface area contributed by atoms with Gasteiger partial charge in [0.15, 0.2) is 4.77 Å². The monoisotopic (exact) mass is 272 g/mol. The molecule has 0 radical (unpaired) electrons. The van der Waals surface area contributed by atoms with E-state index >= 15 is 0 Å². The van der Waals surface area contributed by atoms with E-state index < -0.39 is 0 Å². The zero-order chi connectivity index (χ0) is 13.4. The van der Waals surface area contributed by atoms with Crippen molar-refractivity contribution >= 4 is 29.2 Å². The van der Waals surface area contributed by atoms with Crippen LogP contribution in [0.2, 0.25) is 0 Å². The quantitative estimate of drug-likeness (QED) is 0.819. The first-order chi connectivity index (χ1) is 9.19. The van der Waals surface area contributed by atoms with Gasteiger partial charge in [-0.15, -0.1) is 0 Å². The van der Waals surface area contributed by atoms with E-state index in [1.807, 2.05) is 16.7 Å². The maximum atomic E-state index is 11.2. The summed E-state index contributed by atoms with van der Waals surface area (Å²) < 4.78 is 2.53. The molecule has 5 nitrogen and oxygen atoms in total. The largest absolute Gasteiger partial charge is 0.352 e. The number of para-hydroxylation sites is 1. The number of aromatic amines is 1. The van der Waals surface area contributed by atoms with Crippen molar-refractivity contribution in [1.82, 2.24) is 14.9 Å².